The van der Waals surface area contributed by atoms with Crippen molar-refractivity contribution in [3.63, 3.8) is 0 Å². The van der Waals surface area contributed by atoms with Crippen molar-refractivity contribution in [3.05, 3.63) is 95.8 Å². The number of carbonyl (C=O) groups excluding carboxylic acids is 1. The summed E-state index contributed by atoms with van der Waals surface area (Å²) in [5, 5.41) is 2.88. The minimum absolute atomic E-state index is 0.217. The largest absolute Gasteiger partial charge is 0.345 e. The van der Waals surface area contributed by atoms with Gasteiger partial charge in [-0.15, -0.1) is 0 Å². The van der Waals surface area contributed by atoms with Crippen LogP contribution in [0.15, 0.2) is 78.9 Å². The SMILES string of the molecule is C[C@H](NC(=O)c1ccccc1-c1ccccc1)c1ccccc1F. The molecule has 120 valence electrons. The van der Waals surface area contributed by atoms with E-state index in [4.69, 9.17) is 0 Å². The maximum Gasteiger partial charge on any atom is 0.252 e. The molecule has 0 bridgehead atoms. The minimum Gasteiger partial charge on any atom is -0.345 e. The summed E-state index contributed by atoms with van der Waals surface area (Å²) in [5.41, 5.74) is 2.88. The van der Waals surface area contributed by atoms with E-state index in [1.54, 1.807) is 31.2 Å². The summed E-state index contributed by atoms with van der Waals surface area (Å²) in [7, 11) is 0. The van der Waals surface area contributed by atoms with Crippen LogP contribution in [0.5, 0.6) is 0 Å². The fraction of sp³-hybridized carbons (Fsp3) is 0.0952. The Morgan fingerprint density at radius 2 is 1.50 bits per heavy atom. The summed E-state index contributed by atoms with van der Waals surface area (Å²) in [5.74, 6) is -0.535. The van der Waals surface area contributed by atoms with Crippen LogP contribution in [0.3, 0.4) is 0 Å². The molecule has 0 unspecified atom stereocenters. The maximum atomic E-state index is 13.9. The van der Waals surface area contributed by atoms with Crippen molar-refractivity contribution in [1.82, 2.24) is 5.32 Å². The van der Waals surface area contributed by atoms with E-state index in [0.29, 0.717) is 11.1 Å². The Kier molecular flexibility index (Phi) is 4.71. The molecule has 3 aromatic rings. The average molecular weight is 319 g/mol. The van der Waals surface area contributed by atoms with Crippen LogP contribution in [0, 0.1) is 5.82 Å². The van der Waals surface area contributed by atoms with Crippen molar-refractivity contribution < 1.29 is 9.18 Å². The Labute approximate surface area is 141 Å². The number of rotatable bonds is 4. The normalized spacial score (nSPS) is 11.8. The number of halogens is 1. The molecule has 24 heavy (non-hydrogen) atoms. The van der Waals surface area contributed by atoms with Crippen molar-refractivity contribution >= 4 is 5.91 Å². The third-order valence-corrected chi connectivity index (χ3v) is 3.98. The van der Waals surface area contributed by atoms with Gasteiger partial charge in [0.15, 0.2) is 0 Å². The second kappa shape index (κ2) is 7.09. The standard InChI is InChI=1S/C21H18FNO/c1-15(17-11-7-8-14-20(17)22)23-21(24)19-13-6-5-12-18(19)16-9-3-2-4-10-16/h2-15H,1H3,(H,23,24)/t15-/m0/s1. The monoisotopic (exact) mass is 319 g/mol. The van der Waals surface area contributed by atoms with Gasteiger partial charge >= 0.3 is 0 Å². The molecule has 0 radical (unpaired) electrons. The van der Waals surface area contributed by atoms with E-state index in [9.17, 15) is 9.18 Å². The molecule has 1 atom stereocenters. The molecule has 2 nitrogen and oxygen atoms in total. The summed E-state index contributed by atoms with van der Waals surface area (Å²) in [6.45, 7) is 1.78. The van der Waals surface area contributed by atoms with Crippen LogP contribution < -0.4 is 5.32 Å². The summed E-state index contributed by atoms with van der Waals surface area (Å²) in [4.78, 5) is 12.7. The lowest BCUT2D eigenvalue weighted by atomic mass is 9.98. The molecule has 0 spiro atoms. The van der Waals surface area contributed by atoms with Gasteiger partial charge < -0.3 is 5.32 Å². The van der Waals surface area contributed by atoms with Gasteiger partial charge in [0.05, 0.1) is 6.04 Å². The van der Waals surface area contributed by atoms with E-state index >= 15 is 0 Å². The second-order valence-electron chi connectivity index (χ2n) is 5.63. The highest BCUT2D eigenvalue weighted by Gasteiger charge is 2.17. The van der Waals surface area contributed by atoms with Crippen LogP contribution in [0.2, 0.25) is 0 Å². The predicted molar refractivity (Wildman–Crippen MR) is 94.2 cm³/mol. The van der Waals surface area contributed by atoms with Crippen LogP contribution in [-0.4, -0.2) is 5.91 Å². The third-order valence-electron chi connectivity index (χ3n) is 3.98. The summed E-state index contributed by atoms with van der Waals surface area (Å²) < 4.78 is 13.9. The molecule has 3 rings (SSSR count). The van der Waals surface area contributed by atoms with Crippen LogP contribution in [-0.2, 0) is 0 Å². The molecule has 0 aliphatic rings. The molecule has 1 N–H and O–H groups in total. The van der Waals surface area contributed by atoms with E-state index in [1.807, 2.05) is 48.5 Å². The molecule has 0 saturated carbocycles. The molecule has 1 amide bonds. The highest BCUT2D eigenvalue weighted by Crippen LogP contribution is 2.24. The lowest BCUT2D eigenvalue weighted by Gasteiger charge is -2.16. The lowest BCUT2D eigenvalue weighted by Crippen LogP contribution is -2.27. The van der Waals surface area contributed by atoms with Crippen LogP contribution >= 0.6 is 0 Å². The van der Waals surface area contributed by atoms with Crippen LogP contribution in [0.1, 0.15) is 28.9 Å². The number of nitrogens with one attached hydrogen (secondary N) is 1. The first-order valence-corrected chi connectivity index (χ1v) is 7.86. The Morgan fingerprint density at radius 1 is 0.875 bits per heavy atom. The van der Waals surface area contributed by atoms with Crippen LogP contribution in [0.25, 0.3) is 11.1 Å². The van der Waals surface area contributed by atoms with E-state index in [0.717, 1.165) is 11.1 Å². The van der Waals surface area contributed by atoms with Gasteiger partial charge in [0.1, 0.15) is 5.82 Å². The van der Waals surface area contributed by atoms with Crippen molar-refractivity contribution in [2.45, 2.75) is 13.0 Å². The van der Waals surface area contributed by atoms with Gasteiger partial charge in [-0.05, 0) is 30.2 Å². The quantitative estimate of drug-likeness (QED) is 0.721. The van der Waals surface area contributed by atoms with Crippen LogP contribution in [0.4, 0.5) is 4.39 Å². The first-order chi connectivity index (χ1) is 11.7. The molecule has 3 heteroatoms. The predicted octanol–water partition coefficient (Wildman–Crippen LogP) is 4.98. The zero-order chi connectivity index (χ0) is 16.9. The van der Waals surface area contributed by atoms with Gasteiger partial charge in [0.25, 0.3) is 5.91 Å². The Balaban J connectivity index is 1.88. The number of benzene rings is 3. The first kappa shape index (κ1) is 15.9. The van der Waals surface area contributed by atoms with Gasteiger partial charge in [-0.3, -0.25) is 4.79 Å². The zero-order valence-corrected chi connectivity index (χ0v) is 13.4. The fourth-order valence-electron chi connectivity index (χ4n) is 2.73. The van der Waals surface area contributed by atoms with Gasteiger partial charge in [-0.2, -0.15) is 0 Å². The van der Waals surface area contributed by atoms with Crippen molar-refractivity contribution in [3.8, 4) is 11.1 Å². The summed E-state index contributed by atoms with van der Waals surface area (Å²) in [6, 6.07) is 23.2. The number of carbonyl (C=O) groups is 1. The van der Waals surface area contributed by atoms with E-state index < -0.39 is 6.04 Å². The molecule has 0 fully saturated rings. The van der Waals surface area contributed by atoms with Crippen molar-refractivity contribution in [2.24, 2.45) is 0 Å². The Hall–Kier alpha value is -2.94. The van der Waals surface area contributed by atoms with Gasteiger partial charge in [0, 0.05) is 11.1 Å². The average Bonchev–Trinajstić information content (AvgIpc) is 2.62. The molecule has 0 aliphatic heterocycles. The highest BCUT2D eigenvalue weighted by molar-refractivity contribution is 6.01. The number of amides is 1. The molecule has 0 saturated heterocycles. The zero-order valence-electron chi connectivity index (χ0n) is 13.4. The highest BCUT2D eigenvalue weighted by atomic mass is 19.1. The first-order valence-electron chi connectivity index (χ1n) is 7.86. The van der Waals surface area contributed by atoms with Gasteiger partial charge in [0.2, 0.25) is 0 Å². The number of hydrogen-bond donors (Lipinski definition) is 1. The van der Waals surface area contributed by atoms with E-state index in [-0.39, 0.29) is 11.7 Å². The molecule has 3 aromatic carbocycles. The Bertz CT molecular complexity index is 845. The molecule has 0 aliphatic carbocycles. The third kappa shape index (κ3) is 3.35. The van der Waals surface area contributed by atoms with E-state index in [2.05, 4.69) is 5.32 Å². The topological polar surface area (TPSA) is 29.1 Å². The van der Waals surface area contributed by atoms with Crippen molar-refractivity contribution in [1.29, 1.82) is 0 Å². The molecule has 0 heterocycles. The van der Waals surface area contributed by atoms with Crippen molar-refractivity contribution in [2.75, 3.05) is 0 Å². The molecular formula is C21H18FNO. The molecule has 0 aromatic heterocycles. The fourth-order valence-corrected chi connectivity index (χ4v) is 2.73. The maximum absolute atomic E-state index is 13.9. The Morgan fingerprint density at radius 3 is 2.25 bits per heavy atom. The van der Waals surface area contributed by atoms with Gasteiger partial charge in [-0.25, -0.2) is 4.39 Å². The lowest BCUT2D eigenvalue weighted by molar-refractivity contribution is 0.0940. The summed E-state index contributed by atoms with van der Waals surface area (Å²) >= 11 is 0. The summed E-state index contributed by atoms with van der Waals surface area (Å²) in [6.07, 6.45) is 0. The minimum atomic E-state index is -0.414. The van der Waals surface area contributed by atoms with Gasteiger partial charge in [-0.1, -0.05) is 66.7 Å². The second-order valence-corrected chi connectivity index (χ2v) is 5.63. The molecular weight excluding hydrogens is 301 g/mol. The smallest absolute Gasteiger partial charge is 0.252 e. The number of hydrogen-bond acceptors (Lipinski definition) is 1. The van der Waals surface area contributed by atoms with E-state index in [1.165, 1.54) is 6.07 Å².